The Balaban J connectivity index is 2.26. The number of carboxylic acids is 1. The molecule has 2 amide bonds. The lowest BCUT2D eigenvalue weighted by molar-refractivity contribution is -0.153. The van der Waals surface area contributed by atoms with Crippen LogP contribution in [0.4, 0.5) is 0 Å². The van der Waals surface area contributed by atoms with Crippen molar-refractivity contribution >= 4 is 17.8 Å². The van der Waals surface area contributed by atoms with Gasteiger partial charge in [0, 0.05) is 18.1 Å². The van der Waals surface area contributed by atoms with Gasteiger partial charge in [0.15, 0.2) is 0 Å². The molecule has 1 aliphatic rings. The molecule has 0 radical (unpaired) electrons. The van der Waals surface area contributed by atoms with E-state index in [-0.39, 0.29) is 12.3 Å². The molecule has 21 heavy (non-hydrogen) atoms. The number of hydrogen-bond acceptors (Lipinski definition) is 3. The van der Waals surface area contributed by atoms with Gasteiger partial charge in [0.05, 0.1) is 0 Å². The first-order chi connectivity index (χ1) is 9.91. The number of hydrogen-bond donors (Lipinski definition) is 1. The van der Waals surface area contributed by atoms with Crippen LogP contribution in [0.2, 0.25) is 0 Å². The van der Waals surface area contributed by atoms with Gasteiger partial charge in [-0.3, -0.25) is 14.5 Å². The second-order valence-electron chi connectivity index (χ2n) is 5.31. The largest absolute Gasteiger partial charge is 0.480 e. The summed E-state index contributed by atoms with van der Waals surface area (Å²) in [6, 6.07) is 7.78. The average molecular weight is 287 g/mol. The first-order valence-electron chi connectivity index (χ1n) is 6.77. The maximum atomic E-state index is 12.3. The van der Waals surface area contributed by atoms with Crippen molar-refractivity contribution in [1.82, 2.24) is 4.90 Å². The first kappa shape index (κ1) is 15.0. The minimum absolute atomic E-state index is 0.104. The highest BCUT2D eigenvalue weighted by atomic mass is 16.4. The topological polar surface area (TPSA) is 74.7 Å². The summed E-state index contributed by atoms with van der Waals surface area (Å²) in [6.45, 7) is 3.60. The Morgan fingerprint density at radius 3 is 2.29 bits per heavy atom. The van der Waals surface area contributed by atoms with Gasteiger partial charge in [-0.15, -0.1) is 0 Å². The molecule has 5 heteroatoms. The number of carboxylic acid groups (broad SMARTS) is 1. The fourth-order valence-electron chi connectivity index (χ4n) is 2.34. The molecule has 110 valence electrons. The van der Waals surface area contributed by atoms with E-state index in [1.54, 1.807) is 38.1 Å². The van der Waals surface area contributed by atoms with Crippen LogP contribution < -0.4 is 0 Å². The second-order valence-corrected chi connectivity index (χ2v) is 5.31. The summed E-state index contributed by atoms with van der Waals surface area (Å²) in [4.78, 5) is 36.6. The SMILES string of the molecule is CC(C)C1=CC(=O)N(C(Cc2ccccc2)C(=O)O)C1=O. The Hall–Kier alpha value is -2.43. The highest BCUT2D eigenvalue weighted by Gasteiger charge is 2.40. The zero-order valence-electron chi connectivity index (χ0n) is 11.9. The third-order valence-corrected chi connectivity index (χ3v) is 3.47. The van der Waals surface area contributed by atoms with E-state index >= 15 is 0 Å². The lowest BCUT2D eigenvalue weighted by Crippen LogP contribution is -2.47. The molecule has 0 fully saturated rings. The summed E-state index contributed by atoms with van der Waals surface area (Å²) in [5.41, 5.74) is 1.13. The van der Waals surface area contributed by atoms with Gasteiger partial charge in [-0.05, 0) is 11.5 Å². The fourth-order valence-corrected chi connectivity index (χ4v) is 2.34. The van der Waals surface area contributed by atoms with E-state index in [9.17, 15) is 19.5 Å². The summed E-state index contributed by atoms with van der Waals surface area (Å²) in [5, 5.41) is 9.39. The quantitative estimate of drug-likeness (QED) is 0.835. The Kier molecular flexibility index (Phi) is 4.21. The number of aliphatic carboxylic acids is 1. The van der Waals surface area contributed by atoms with Crippen LogP contribution in [0.3, 0.4) is 0 Å². The summed E-state index contributed by atoms with van der Waals surface area (Å²) in [7, 11) is 0. The smallest absolute Gasteiger partial charge is 0.327 e. The van der Waals surface area contributed by atoms with Crippen molar-refractivity contribution in [3.05, 3.63) is 47.5 Å². The molecule has 0 saturated heterocycles. The summed E-state index contributed by atoms with van der Waals surface area (Å²) in [6.07, 6.45) is 1.35. The summed E-state index contributed by atoms with van der Waals surface area (Å²) < 4.78 is 0. The molecule has 5 nitrogen and oxygen atoms in total. The number of amides is 2. The van der Waals surface area contributed by atoms with Crippen LogP contribution in [-0.4, -0.2) is 33.8 Å². The Morgan fingerprint density at radius 1 is 1.19 bits per heavy atom. The van der Waals surface area contributed by atoms with E-state index in [0.29, 0.717) is 5.57 Å². The molecular weight excluding hydrogens is 270 g/mol. The highest BCUT2D eigenvalue weighted by Crippen LogP contribution is 2.23. The van der Waals surface area contributed by atoms with E-state index < -0.39 is 23.8 Å². The standard InChI is InChI=1S/C16H17NO4/c1-10(2)12-9-14(18)17(15(12)19)13(16(20)21)8-11-6-4-3-5-7-11/h3-7,9-10,13H,8H2,1-2H3,(H,20,21). The lowest BCUT2D eigenvalue weighted by Gasteiger charge is -2.23. The van der Waals surface area contributed by atoms with Crippen molar-refractivity contribution in [3.63, 3.8) is 0 Å². The summed E-state index contributed by atoms with van der Waals surface area (Å²) in [5.74, 6) is -2.35. The number of benzene rings is 1. The van der Waals surface area contributed by atoms with E-state index in [1.807, 2.05) is 6.07 Å². The number of imide groups is 1. The van der Waals surface area contributed by atoms with Crippen molar-refractivity contribution in [2.45, 2.75) is 26.3 Å². The van der Waals surface area contributed by atoms with Crippen molar-refractivity contribution in [2.24, 2.45) is 5.92 Å². The van der Waals surface area contributed by atoms with Gasteiger partial charge in [0.2, 0.25) is 0 Å². The van der Waals surface area contributed by atoms with Crippen molar-refractivity contribution in [2.75, 3.05) is 0 Å². The highest BCUT2D eigenvalue weighted by molar-refractivity contribution is 6.18. The number of carbonyl (C=O) groups excluding carboxylic acids is 2. The van der Waals surface area contributed by atoms with Gasteiger partial charge in [-0.1, -0.05) is 44.2 Å². The van der Waals surface area contributed by atoms with Crippen LogP contribution >= 0.6 is 0 Å². The number of rotatable bonds is 5. The van der Waals surface area contributed by atoms with E-state index in [2.05, 4.69) is 0 Å². The molecule has 1 aliphatic heterocycles. The zero-order valence-corrected chi connectivity index (χ0v) is 11.9. The molecular formula is C16H17NO4. The predicted molar refractivity (Wildman–Crippen MR) is 76.3 cm³/mol. The molecule has 1 N–H and O–H groups in total. The van der Waals surface area contributed by atoms with Gasteiger partial charge in [-0.2, -0.15) is 0 Å². The van der Waals surface area contributed by atoms with Crippen LogP contribution in [0.25, 0.3) is 0 Å². The molecule has 0 spiro atoms. The molecule has 1 unspecified atom stereocenters. The molecule has 1 aromatic carbocycles. The normalized spacial score (nSPS) is 16.3. The van der Waals surface area contributed by atoms with Crippen LogP contribution in [-0.2, 0) is 20.8 Å². The summed E-state index contributed by atoms with van der Waals surface area (Å²) >= 11 is 0. The second kappa shape index (κ2) is 5.91. The van der Waals surface area contributed by atoms with Gasteiger partial charge in [-0.25, -0.2) is 4.79 Å². The lowest BCUT2D eigenvalue weighted by atomic mass is 10.0. The Morgan fingerprint density at radius 2 is 1.81 bits per heavy atom. The molecule has 0 saturated carbocycles. The third kappa shape index (κ3) is 3.02. The maximum absolute atomic E-state index is 12.3. The van der Waals surface area contributed by atoms with Gasteiger partial charge in [0.25, 0.3) is 11.8 Å². The molecule has 0 aliphatic carbocycles. The average Bonchev–Trinajstić information content (AvgIpc) is 2.73. The van der Waals surface area contributed by atoms with E-state index in [0.717, 1.165) is 10.5 Å². The third-order valence-electron chi connectivity index (χ3n) is 3.47. The molecule has 2 rings (SSSR count). The van der Waals surface area contributed by atoms with Gasteiger partial charge < -0.3 is 5.11 Å². The van der Waals surface area contributed by atoms with Crippen LogP contribution in [0, 0.1) is 5.92 Å². The molecule has 1 heterocycles. The molecule has 0 bridgehead atoms. The van der Waals surface area contributed by atoms with Crippen molar-refractivity contribution < 1.29 is 19.5 Å². The van der Waals surface area contributed by atoms with Crippen LogP contribution in [0.1, 0.15) is 19.4 Å². The van der Waals surface area contributed by atoms with Gasteiger partial charge >= 0.3 is 5.97 Å². The van der Waals surface area contributed by atoms with Crippen molar-refractivity contribution in [1.29, 1.82) is 0 Å². The molecule has 1 atom stereocenters. The minimum atomic E-state index is -1.18. The molecule has 0 aromatic heterocycles. The fraction of sp³-hybridized carbons (Fsp3) is 0.312. The number of carbonyl (C=O) groups is 3. The van der Waals surface area contributed by atoms with Gasteiger partial charge in [0.1, 0.15) is 6.04 Å². The minimum Gasteiger partial charge on any atom is -0.480 e. The predicted octanol–water partition coefficient (Wildman–Crippen LogP) is 1.63. The Labute approximate surface area is 122 Å². The maximum Gasteiger partial charge on any atom is 0.327 e. The zero-order chi connectivity index (χ0) is 15.6. The number of nitrogens with zero attached hydrogens (tertiary/aromatic N) is 1. The van der Waals surface area contributed by atoms with E-state index in [4.69, 9.17) is 0 Å². The van der Waals surface area contributed by atoms with Crippen LogP contribution in [0.5, 0.6) is 0 Å². The monoisotopic (exact) mass is 287 g/mol. The molecule has 1 aromatic rings. The van der Waals surface area contributed by atoms with Crippen molar-refractivity contribution in [3.8, 4) is 0 Å². The van der Waals surface area contributed by atoms with Crippen LogP contribution in [0.15, 0.2) is 42.0 Å². The van der Waals surface area contributed by atoms with E-state index in [1.165, 1.54) is 6.08 Å². The Bertz CT molecular complexity index is 604. The first-order valence-corrected chi connectivity index (χ1v) is 6.77.